The van der Waals surface area contributed by atoms with Gasteiger partial charge in [-0.15, -0.1) is 0 Å². The molecule has 1 aromatic carbocycles. The Bertz CT molecular complexity index is 366. The van der Waals surface area contributed by atoms with Gasteiger partial charge in [0.05, 0.1) is 5.56 Å². The fourth-order valence-electron chi connectivity index (χ4n) is 0.808. The molecule has 0 spiro atoms. The Morgan fingerprint density at radius 1 is 1.58 bits per heavy atom. The Balaban J connectivity index is 3.39. The van der Waals surface area contributed by atoms with Crippen LogP contribution < -0.4 is 0 Å². The van der Waals surface area contributed by atoms with Gasteiger partial charge in [0.1, 0.15) is 11.9 Å². The standard InChI is InChI=1S/C9H5BrFN/c1-2-6-3-7(5-12)9(11)4-8(6)10/h2-4H,1H2. The zero-order valence-corrected chi connectivity index (χ0v) is 7.73. The molecule has 0 saturated heterocycles. The highest BCUT2D eigenvalue weighted by Gasteiger charge is 2.04. The topological polar surface area (TPSA) is 23.8 Å². The van der Waals surface area contributed by atoms with E-state index in [9.17, 15) is 4.39 Å². The number of benzene rings is 1. The highest BCUT2D eigenvalue weighted by atomic mass is 79.9. The molecule has 0 saturated carbocycles. The first-order valence-corrected chi connectivity index (χ1v) is 4.00. The molecule has 0 heterocycles. The molecule has 0 N–H and O–H groups in total. The number of rotatable bonds is 1. The Labute approximate surface area is 78.3 Å². The van der Waals surface area contributed by atoms with Crippen molar-refractivity contribution >= 4 is 22.0 Å². The summed E-state index contributed by atoms with van der Waals surface area (Å²) in [5, 5.41) is 8.49. The van der Waals surface area contributed by atoms with Gasteiger partial charge in [-0.3, -0.25) is 0 Å². The molecule has 0 bridgehead atoms. The van der Waals surface area contributed by atoms with Crippen LogP contribution in [0.1, 0.15) is 11.1 Å². The summed E-state index contributed by atoms with van der Waals surface area (Å²) in [6.07, 6.45) is 1.56. The Kier molecular flexibility index (Phi) is 2.61. The minimum Gasteiger partial charge on any atom is -0.206 e. The monoisotopic (exact) mass is 225 g/mol. The smallest absolute Gasteiger partial charge is 0.142 e. The van der Waals surface area contributed by atoms with Gasteiger partial charge in [0, 0.05) is 4.47 Å². The van der Waals surface area contributed by atoms with Crippen molar-refractivity contribution in [1.82, 2.24) is 0 Å². The molecule has 0 fully saturated rings. The van der Waals surface area contributed by atoms with Gasteiger partial charge in [-0.1, -0.05) is 28.6 Å². The molecule has 0 aliphatic carbocycles. The van der Waals surface area contributed by atoms with Gasteiger partial charge in [-0.05, 0) is 17.7 Å². The van der Waals surface area contributed by atoms with E-state index >= 15 is 0 Å². The summed E-state index contributed by atoms with van der Waals surface area (Å²) >= 11 is 3.15. The first kappa shape index (κ1) is 8.95. The highest BCUT2D eigenvalue weighted by molar-refractivity contribution is 9.10. The molecule has 0 aromatic heterocycles. The third-order valence-corrected chi connectivity index (χ3v) is 2.11. The number of nitrogens with zero attached hydrogens (tertiary/aromatic N) is 1. The van der Waals surface area contributed by atoms with Gasteiger partial charge in [0.2, 0.25) is 0 Å². The summed E-state index contributed by atoms with van der Waals surface area (Å²) in [6, 6.07) is 4.46. The largest absolute Gasteiger partial charge is 0.206 e. The van der Waals surface area contributed by atoms with Crippen molar-refractivity contribution in [3.63, 3.8) is 0 Å². The third kappa shape index (κ3) is 1.54. The van der Waals surface area contributed by atoms with E-state index in [0.29, 0.717) is 10.0 Å². The van der Waals surface area contributed by atoms with Crippen molar-refractivity contribution in [2.24, 2.45) is 0 Å². The van der Waals surface area contributed by atoms with E-state index in [1.165, 1.54) is 12.1 Å². The van der Waals surface area contributed by atoms with Crippen LogP contribution in [0.4, 0.5) is 4.39 Å². The highest BCUT2D eigenvalue weighted by Crippen LogP contribution is 2.21. The summed E-state index contributed by atoms with van der Waals surface area (Å²) in [7, 11) is 0. The quantitative estimate of drug-likeness (QED) is 0.721. The van der Waals surface area contributed by atoms with Crippen LogP contribution in [-0.2, 0) is 0 Å². The number of hydrogen-bond donors (Lipinski definition) is 0. The number of halogens is 2. The molecular formula is C9H5BrFN. The van der Waals surface area contributed by atoms with Crippen LogP contribution in [0.5, 0.6) is 0 Å². The number of hydrogen-bond acceptors (Lipinski definition) is 1. The first-order valence-electron chi connectivity index (χ1n) is 3.20. The molecule has 1 aromatic rings. The molecule has 0 amide bonds. The second kappa shape index (κ2) is 3.51. The van der Waals surface area contributed by atoms with Crippen LogP contribution in [0.15, 0.2) is 23.2 Å². The Morgan fingerprint density at radius 3 is 2.75 bits per heavy atom. The molecule has 0 unspecified atom stereocenters. The molecule has 1 rings (SSSR count). The molecule has 1 nitrogen and oxygen atoms in total. The lowest BCUT2D eigenvalue weighted by molar-refractivity contribution is 0.623. The van der Waals surface area contributed by atoms with Gasteiger partial charge < -0.3 is 0 Å². The fourth-order valence-corrected chi connectivity index (χ4v) is 1.29. The van der Waals surface area contributed by atoms with Crippen LogP contribution in [0.25, 0.3) is 6.08 Å². The van der Waals surface area contributed by atoms with Crippen molar-refractivity contribution in [2.45, 2.75) is 0 Å². The van der Waals surface area contributed by atoms with E-state index < -0.39 is 5.82 Å². The van der Waals surface area contributed by atoms with Crippen molar-refractivity contribution < 1.29 is 4.39 Å². The van der Waals surface area contributed by atoms with Crippen LogP contribution in [0.2, 0.25) is 0 Å². The lowest BCUT2D eigenvalue weighted by Gasteiger charge is -1.99. The van der Waals surface area contributed by atoms with E-state index in [1.807, 2.05) is 0 Å². The third-order valence-electron chi connectivity index (χ3n) is 1.43. The van der Waals surface area contributed by atoms with Gasteiger partial charge in [0.15, 0.2) is 0 Å². The molecule has 60 valence electrons. The summed E-state index contributed by atoms with van der Waals surface area (Å²) in [5.74, 6) is -0.519. The van der Waals surface area contributed by atoms with E-state index in [1.54, 1.807) is 12.1 Å². The van der Waals surface area contributed by atoms with Gasteiger partial charge in [-0.25, -0.2) is 4.39 Å². The summed E-state index contributed by atoms with van der Waals surface area (Å²) in [6.45, 7) is 3.53. The summed E-state index contributed by atoms with van der Waals surface area (Å²) < 4.78 is 13.5. The van der Waals surface area contributed by atoms with Crippen molar-refractivity contribution in [3.8, 4) is 6.07 Å². The minimum absolute atomic E-state index is 0.0353. The Hall–Kier alpha value is -1.14. The van der Waals surface area contributed by atoms with Gasteiger partial charge in [-0.2, -0.15) is 5.26 Å². The number of nitriles is 1. The van der Waals surface area contributed by atoms with E-state index in [0.717, 1.165) is 0 Å². The molecule has 3 heteroatoms. The molecule has 0 aliphatic rings. The minimum atomic E-state index is -0.519. The van der Waals surface area contributed by atoms with E-state index in [2.05, 4.69) is 22.5 Å². The molecular weight excluding hydrogens is 221 g/mol. The average Bonchev–Trinajstić information content (AvgIpc) is 2.05. The SMILES string of the molecule is C=Cc1cc(C#N)c(F)cc1Br. The van der Waals surface area contributed by atoms with Crippen molar-refractivity contribution in [3.05, 3.63) is 40.1 Å². The second-order valence-corrected chi connectivity index (χ2v) is 3.02. The summed E-state index contributed by atoms with van der Waals surface area (Å²) in [5.41, 5.74) is 0.751. The molecule has 12 heavy (non-hydrogen) atoms. The average molecular weight is 226 g/mol. The maximum absolute atomic E-state index is 12.9. The van der Waals surface area contributed by atoms with Crippen LogP contribution in [-0.4, -0.2) is 0 Å². The fraction of sp³-hybridized carbons (Fsp3) is 0. The maximum atomic E-state index is 12.9. The van der Waals surface area contributed by atoms with Crippen LogP contribution in [0.3, 0.4) is 0 Å². The predicted molar refractivity (Wildman–Crippen MR) is 48.9 cm³/mol. The Morgan fingerprint density at radius 2 is 2.25 bits per heavy atom. The van der Waals surface area contributed by atoms with Gasteiger partial charge >= 0.3 is 0 Å². The van der Waals surface area contributed by atoms with Crippen LogP contribution >= 0.6 is 15.9 Å². The van der Waals surface area contributed by atoms with E-state index in [4.69, 9.17) is 5.26 Å². The van der Waals surface area contributed by atoms with Gasteiger partial charge in [0.25, 0.3) is 0 Å². The summed E-state index contributed by atoms with van der Waals surface area (Å²) in [4.78, 5) is 0. The normalized spacial score (nSPS) is 9.08. The predicted octanol–water partition coefficient (Wildman–Crippen LogP) is 3.10. The van der Waals surface area contributed by atoms with Crippen molar-refractivity contribution in [2.75, 3.05) is 0 Å². The van der Waals surface area contributed by atoms with E-state index in [-0.39, 0.29) is 5.56 Å². The first-order chi connectivity index (χ1) is 5.69. The zero-order chi connectivity index (χ0) is 9.14. The maximum Gasteiger partial charge on any atom is 0.142 e. The lowest BCUT2D eigenvalue weighted by atomic mass is 10.1. The van der Waals surface area contributed by atoms with Crippen LogP contribution in [0, 0.1) is 17.1 Å². The molecule has 0 aliphatic heterocycles. The van der Waals surface area contributed by atoms with Crippen molar-refractivity contribution in [1.29, 1.82) is 5.26 Å². The second-order valence-electron chi connectivity index (χ2n) is 2.17. The zero-order valence-electron chi connectivity index (χ0n) is 6.14. The lowest BCUT2D eigenvalue weighted by Crippen LogP contribution is -1.86. The molecule has 0 radical (unpaired) electrons. The molecule has 0 atom stereocenters.